The van der Waals surface area contributed by atoms with E-state index in [9.17, 15) is 9.18 Å². The van der Waals surface area contributed by atoms with Gasteiger partial charge >= 0.3 is 0 Å². The summed E-state index contributed by atoms with van der Waals surface area (Å²) >= 11 is 0. The van der Waals surface area contributed by atoms with Crippen molar-refractivity contribution >= 4 is 6.29 Å². The van der Waals surface area contributed by atoms with E-state index in [0.29, 0.717) is 24.4 Å². The first-order chi connectivity index (χ1) is 9.11. The third kappa shape index (κ3) is 3.05. The Morgan fingerprint density at radius 3 is 2.58 bits per heavy atom. The molecule has 0 aliphatic rings. The number of aryl methyl sites for hydroxylation is 1. The number of carbonyl (C=O) groups is 1. The minimum atomic E-state index is -0.308. The lowest BCUT2D eigenvalue weighted by atomic mass is 10.1. The Labute approximate surface area is 111 Å². The van der Waals surface area contributed by atoms with Gasteiger partial charge in [-0.05, 0) is 36.6 Å². The summed E-state index contributed by atoms with van der Waals surface area (Å²) in [6.45, 7) is 4.93. The summed E-state index contributed by atoms with van der Waals surface area (Å²) in [4.78, 5) is 11.0. The van der Waals surface area contributed by atoms with Crippen molar-refractivity contribution in [2.24, 2.45) is 5.92 Å². The molecule has 0 saturated heterocycles. The van der Waals surface area contributed by atoms with E-state index in [-0.39, 0.29) is 11.5 Å². The normalized spacial score (nSPS) is 10.9. The number of aldehydes is 1. The molecule has 1 heterocycles. The van der Waals surface area contributed by atoms with E-state index in [4.69, 9.17) is 0 Å². The first-order valence-corrected chi connectivity index (χ1v) is 6.26. The molecule has 4 nitrogen and oxygen atoms in total. The van der Waals surface area contributed by atoms with Gasteiger partial charge in [0.25, 0.3) is 0 Å². The van der Waals surface area contributed by atoms with Gasteiger partial charge in [-0.1, -0.05) is 19.1 Å². The smallest absolute Gasteiger partial charge is 0.172 e. The van der Waals surface area contributed by atoms with Crippen LogP contribution in [0.2, 0.25) is 0 Å². The van der Waals surface area contributed by atoms with Crippen LogP contribution in [0.15, 0.2) is 24.3 Å². The van der Waals surface area contributed by atoms with Crippen LogP contribution < -0.4 is 0 Å². The summed E-state index contributed by atoms with van der Waals surface area (Å²) in [6, 6.07) is 5.99. The Bertz CT molecular complexity index is 561. The van der Waals surface area contributed by atoms with Crippen molar-refractivity contribution in [2.45, 2.75) is 26.8 Å². The number of nitrogens with zero attached hydrogens (tertiary/aromatic N) is 3. The number of hydrogen-bond donors (Lipinski definition) is 0. The molecular formula is C14H16FN3O. The zero-order chi connectivity index (χ0) is 13.8. The SMILES string of the molecule is CC(C)CCn1nnc(C=O)c1-c1ccc(F)cc1. The highest BCUT2D eigenvalue weighted by Gasteiger charge is 2.14. The number of halogens is 1. The van der Waals surface area contributed by atoms with E-state index >= 15 is 0 Å². The third-order valence-corrected chi connectivity index (χ3v) is 2.91. The molecule has 19 heavy (non-hydrogen) atoms. The Kier molecular flexibility index (Phi) is 4.04. The summed E-state index contributed by atoms with van der Waals surface area (Å²) in [5.41, 5.74) is 1.68. The molecule has 0 radical (unpaired) electrons. The molecule has 0 unspecified atom stereocenters. The van der Waals surface area contributed by atoms with Gasteiger partial charge < -0.3 is 0 Å². The van der Waals surface area contributed by atoms with Crippen LogP contribution in [-0.4, -0.2) is 21.3 Å². The number of carbonyl (C=O) groups excluding carboxylic acids is 1. The van der Waals surface area contributed by atoms with Gasteiger partial charge in [0.15, 0.2) is 12.0 Å². The Morgan fingerprint density at radius 1 is 1.32 bits per heavy atom. The Morgan fingerprint density at radius 2 is 2.00 bits per heavy atom. The van der Waals surface area contributed by atoms with E-state index in [1.165, 1.54) is 12.1 Å². The second-order valence-corrected chi connectivity index (χ2v) is 4.85. The van der Waals surface area contributed by atoms with Gasteiger partial charge in [-0.15, -0.1) is 5.10 Å². The topological polar surface area (TPSA) is 47.8 Å². The predicted molar refractivity (Wildman–Crippen MR) is 70.3 cm³/mol. The van der Waals surface area contributed by atoms with E-state index < -0.39 is 0 Å². The van der Waals surface area contributed by atoms with E-state index in [0.717, 1.165) is 12.0 Å². The summed E-state index contributed by atoms with van der Waals surface area (Å²) in [6.07, 6.45) is 1.62. The second kappa shape index (κ2) is 5.73. The van der Waals surface area contributed by atoms with Crippen LogP contribution in [0.25, 0.3) is 11.3 Å². The van der Waals surface area contributed by atoms with Gasteiger partial charge in [-0.2, -0.15) is 0 Å². The van der Waals surface area contributed by atoms with Gasteiger partial charge in [0.1, 0.15) is 5.82 Å². The molecule has 2 aromatic rings. The van der Waals surface area contributed by atoms with Crippen molar-refractivity contribution < 1.29 is 9.18 Å². The van der Waals surface area contributed by atoms with Gasteiger partial charge in [0.2, 0.25) is 0 Å². The fraction of sp³-hybridized carbons (Fsp3) is 0.357. The molecule has 0 aliphatic heterocycles. The van der Waals surface area contributed by atoms with Gasteiger partial charge in [0, 0.05) is 12.1 Å². The molecule has 0 spiro atoms. The molecule has 100 valence electrons. The minimum Gasteiger partial charge on any atom is -0.296 e. The molecule has 1 aromatic heterocycles. The lowest BCUT2D eigenvalue weighted by Gasteiger charge is -2.08. The maximum Gasteiger partial charge on any atom is 0.172 e. The van der Waals surface area contributed by atoms with Crippen molar-refractivity contribution in [2.75, 3.05) is 0 Å². The monoisotopic (exact) mass is 261 g/mol. The molecule has 0 fully saturated rings. The predicted octanol–water partition coefficient (Wildman–Crippen LogP) is 2.94. The standard InChI is InChI=1S/C14H16FN3O/c1-10(2)7-8-18-14(13(9-19)16-17-18)11-3-5-12(15)6-4-11/h3-6,9-10H,7-8H2,1-2H3. The van der Waals surface area contributed by atoms with E-state index in [2.05, 4.69) is 24.2 Å². The molecule has 2 rings (SSSR count). The van der Waals surface area contributed by atoms with Crippen LogP contribution in [0.5, 0.6) is 0 Å². The van der Waals surface area contributed by atoms with Crippen molar-refractivity contribution in [1.82, 2.24) is 15.0 Å². The molecule has 5 heteroatoms. The van der Waals surface area contributed by atoms with Crippen LogP contribution in [0.4, 0.5) is 4.39 Å². The van der Waals surface area contributed by atoms with Crippen LogP contribution in [-0.2, 0) is 6.54 Å². The van der Waals surface area contributed by atoms with Crippen LogP contribution in [0.3, 0.4) is 0 Å². The maximum atomic E-state index is 13.0. The molecule has 0 bridgehead atoms. The number of hydrogen-bond acceptors (Lipinski definition) is 3. The van der Waals surface area contributed by atoms with Crippen LogP contribution >= 0.6 is 0 Å². The fourth-order valence-corrected chi connectivity index (χ4v) is 1.85. The zero-order valence-electron chi connectivity index (χ0n) is 11.0. The Hall–Kier alpha value is -2.04. The summed E-state index contributed by atoms with van der Waals surface area (Å²) in [5, 5.41) is 7.86. The van der Waals surface area contributed by atoms with Crippen LogP contribution in [0, 0.1) is 11.7 Å². The molecule has 0 amide bonds. The summed E-state index contributed by atoms with van der Waals surface area (Å²) in [7, 11) is 0. The molecule has 0 saturated carbocycles. The maximum absolute atomic E-state index is 13.0. The van der Waals surface area contributed by atoms with E-state index in [1.807, 2.05) is 0 Å². The molecule has 1 aromatic carbocycles. The lowest BCUT2D eigenvalue weighted by molar-refractivity contribution is 0.111. The third-order valence-electron chi connectivity index (χ3n) is 2.91. The van der Waals surface area contributed by atoms with Gasteiger partial charge in [-0.3, -0.25) is 4.79 Å². The first-order valence-electron chi connectivity index (χ1n) is 6.26. The van der Waals surface area contributed by atoms with E-state index in [1.54, 1.807) is 16.8 Å². The largest absolute Gasteiger partial charge is 0.296 e. The number of aromatic nitrogens is 3. The van der Waals surface area contributed by atoms with Gasteiger partial charge in [0.05, 0.1) is 5.69 Å². The van der Waals surface area contributed by atoms with Crippen molar-refractivity contribution in [3.63, 3.8) is 0 Å². The summed E-state index contributed by atoms with van der Waals surface area (Å²) in [5.74, 6) is 0.225. The van der Waals surface area contributed by atoms with Crippen molar-refractivity contribution in [3.05, 3.63) is 35.8 Å². The average Bonchev–Trinajstić information content (AvgIpc) is 2.80. The number of rotatable bonds is 5. The second-order valence-electron chi connectivity index (χ2n) is 4.85. The number of benzene rings is 1. The van der Waals surface area contributed by atoms with Crippen molar-refractivity contribution in [1.29, 1.82) is 0 Å². The average molecular weight is 261 g/mol. The minimum absolute atomic E-state index is 0.287. The van der Waals surface area contributed by atoms with Crippen molar-refractivity contribution in [3.8, 4) is 11.3 Å². The summed E-state index contributed by atoms with van der Waals surface area (Å²) < 4.78 is 14.7. The highest BCUT2D eigenvalue weighted by molar-refractivity contribution is 5.83. The molecule has 0 aliphatic carbocycles. The molecule has 0 N–H and O–H groups in total. The lowest BCUT2D eigenvalue weighted by Crippen LogP contribution is -2.05. The Balaban J connectivity index is 2.38. The quantitative estimate of drug-likeness (QED) is 0.777. The molecule has 0 atom stereocenters. The van der Waals surface area contributed by atoms with Crippen LogP contribution in [0.1, 0.15) is 30.8 Å². The molecular weight excluding hydrogens is 245 g/mol. The zero-order valence-corrected chi connectivity index (χ0v) is 11.0. The first kappa shape index (κ1) is 13.4. The highest BCUT2D eigenvalue weighted by atomic mass is 19.1. The highest BCUT2D eigenvalue weighted by Crippen LogP contribution is 2.22. The fourth-order valence-electron chi connectivity index (χ4n) is 1.85. The van der Waals surface area contributed by atoms with Gasteiger partial charge in [-0.25, -0.2) is 9.07 Å².